The molecule has 1 aromatic heterocycles. The Morgan fingerprint density at radius 2 is 2.15 bits per heavy atom. The average molecular weight is 272 g/mol. The highest BCUT2D eigenvalue weighted by molar-refractivity contribution is 5.40. The number of anilines is 1. The third-order valence-corrected chi connectivity index (χ3v) is 4.21. The van der Waals surface area contributed by atoms with Gasteiger partial charge in [0.25, 0.3) is 0 Å². The lowest BCUT2D eigenvalue weighted by Gasteiger charge is -2.29. The topological polar surface area (TPSA) is 43.2 Å². The summed E-state index contributed by atoms with van der Waals surface area (Å²) in [6.45, 7) is 3.53. The molecule has 0 aliphatic carbocycles. The number of likely N-dealkylation sites (tertiary alicyclic amines) is 1. The fraction of sp³-hybridized carbons (Fsp3) is 0.625. The van der Waals surface area contributed by atoms with Crippen LogP contribution in [0.2, 0.25) is 0 Å². The van der Waals surface area contributed by atoms with Gasteiger partial charge in [0.15, 0.2) is 0 Å². The Morgan fingerprint density at radius 1 is 1.40 bits per heavy atom. The zero-order valence-electron chi connectivity index (χ0n) is 12.5. The lowest BCUT2D eigenvalue weighted by molar-refractivity contribution is 0.211. The standard InChI is InChI=1S/C16H24N4/c1-19-10-7-14(8-11-19)4-3-9-20(2)16-6-5-15(12-17)13-18-16/h5-6,13-14H,3-4,7-11H2,1-2H3. The van der Waals surface area contributed by atoms with Crippen molar-refractivity contribution in [3.63, 3.8) is 0 Å². The highest BCUT2D eigenvalue weighted by Crippen LogP contribution is 2.21. The third kappa shape index (κ3) is 4.21. The first-order chi connectivity index (χ1) is 9.69. The van der Waals surface area contributed by atoms with E-state index < -0.39 is 0 Å². The number of aromatic nitrogens is 1. The fourth-order valence-electron chi connectivity index (χ4n) is 2.76. The first-order valence-corrected chi connectivity index (χ1v) is 7.45. The number of nitriles is 1. The SMILES string of the molecule is CN1CCC(CCCN(C)c2ccc(C#N)cn2)CC1. The maximum Gasteiger partial charge on any atom is 0.128 e. The van der Waals surface area contributed by atoms with Gasteiger partial charge >= 0.3 is 0 Å². The van der Waals surface area contributed by atoms with E-state index in [0.29, 0.717) is 5.56 Å². The molecule has 20 heavy (non-hydrogen) atoms. The van der Waals surface area contributed by atoms with Gasteiger partial charge in [0, 0.05) is 19.8 Å². The number of nitrogens with zero attached hydrogens (tertiary/aromatic N) is 4. The van der Waals surface area contributed by atoms with E-state index in [4.69, 9.17) is 5.26 Å². The molecular weight excluding hydrogens is 248 g/mol. The summed E-state index contributed by atoms with van der Waals surface area (Å²) in [6.07, 6.45) is 6.86. The molecule has 0 saturated carbocycles. The van der Waals surface area contributed by atoms with Crippen LogP contribution in [0.3, 0.4) is 0 Å². The van der Waals surface area contributed by atoms with Gasteiger partial charge in [0.2, 0.25) is 0 Å². The summed E-state index contributed by atoms with van der Waals surface area (Å²) in [4.78, 5) is 8.92. The minimum Gasteiger partial charge on any atom is -0.360 e. The number of pyridine rings is 1. The summed E-state index contributed by atoms with van der Waals surface area (Å²) < 4.78 is 0. The zero-order chi connectivity index (χ0) is 14.4. The van der Waals surface area contributed by atoms with Gasteiger partial charge < -0.3 is 9.80 Å². The molecule has 0 unspecified atom stereocenters. The van der Waals surface area contributed by atoms with Crippen molar-refractivity contribution in [1.29, 1.82) is 5.26 Å². The molecule has 0 bridgehead atoms. The molecule has 0 radical (unpaired) electrons. The van der Waals surface area contributed by atoms with E-state index in [1.54, 1.807) is 6.20 Å². The van der Waals surface area contributed by atoms with Gasteiger partial charge in [0.1, 0.15) is 11.9 Å². The molecule has 4 heteroatoms. The van der Waals surface area contributed by atoms with Gasteiger partial charge in [-0.2, -0.15) is 5.26 Å². The molecule has 108 valence electrons. The van der Waals surface area contributed by atoms with Gasteiger partial charge in [-0.3, -0.25) is 0 Å². The Bertz CT molecular complexity index is 441. The van der Waals surface area contributed by atoms with Gasteiger partial charge in [-0.05, 0) is 63.9 Å². The van der Waals surface area contributed by atoms with Crippen LogP contribution in [0.25, 0.3) is 0 Å². The molecule has 1 aliphatic heterocycles. The summed E-state index contributed by atoms with van der Waals surface area (Å²) >= 11 is 0. The largest absolute Gasteiger partial charge is 0.360 e. The van der Waals surface area contributed by atoms with Crippen molar-refractivity contribution >= 4 is 5.82 Å². The molecule has 0 N–H and O–H groups in total. The van der Waals surface area contributed by atoms with E-state index in [9.17, 15) is 0 Å². The van der Waals surface area contributed by atoms with Crippen molar-refractivity contribution in [3.05, 3.63) is 23.9 Å². The third-order valence-electron chi connectivity index (χ3n) is 4.21. The van der Waals surface area contributed by atoms with Crippen molar-refractivity contribution in [2.24, 2.45) is 5.92 Å². The predicted molar refractivity (Wildman–Crippen MR) is 81.7 cm³/mol. The fourth-order valence-corrected chi connectivity index (χ4v) is 2.76. The summed E-state index contributed by atoms with van der Waals surface area (Å²) in [5, 5.41) is 8.76. The van der Waals surface area contributed by atoms with Gasteiger partial charge in [-0.1, -0.05) is 0 Å². The first kappa shape index (κ1) is 14.8. The Balaban J connectivity index is 1.72. The number of rotatable bonds is 5. The highest BCUT2D eigenvalue weighted by Gasteiger charge is 2.16. The molecule has 1 aromatic rings. The Labute approximate surface area is 122 Å². The molecule has 2 heterocycles. The minimum atomic E-state index is 0.619. The normalized spacial score (nSPS) is 16.9. The van der Waals surface area contributed by atoms with Crippen LogP contribution in [-0.4, -0.2) is 43.6 Å². The Hall–Kier alpha value is -1.60. The molecule has 1 aliphatic rings. The number of hydrogen-bond donors (Lipinski definition) is 0. The smallest absolute Gasteiger partial charge is 0.128 e. The second-order valence-corrected chi connectivity index (χ2v) is 5.83. The van der Waals surface area contributed by atoms with Crippen molar-refractivity contribution in [3.8, 4) is 6.07 Å². The second kappa shape index (κ2) is 7.25. The van der Waals surface area contributed by atoms with Crippen LogP contribution in [0.5, 0.6) is 0 Å². The monoisotopic (exact) mass is 272 g/mol. The van der Waals surface area contributed by atoms with Crippen molar-refractivity contribution in [1.82, 2.24) is 9.88 Å². The lowest BCUT2D eigenvalue weighted by atomic mass is 9.92. The lowest BCUT2D eigenvalue weighted by Crippen LogP contribution is -2.30. The van der Waals surface area contributed by atoms with Crippen molar-refractivity contribution < 1.29 is 0 Å². The van der Waals surface area contributed by atoms with E-state index in [1.807, 2.05) is 12.1 Å². The molecule has 1 saturated heterocycles. The number of hydrogen-bond acceptors (Lipinski definition) is 4. The van der Waals surface area contributed by atoms with Crippen LogP contribution >= 0.6 is 0 Å². The van der Waals surface area contributed by atoms with E-state index in [-0.39, 0.29) is 0 Å². The van der Waals surface area contributed by atoms with E-state index in [0.717, 1.165) is 18.3 Å². The highest BCUT2D eigenvalue weighted by atomic mass is 15.2. The Kier molecular flexibility index (Phi) is 5.37. The average Bonchev–Trinajstić information content (AvgIpc) is 2.49. The van der Waals surface area contributed by atoms with Gasteiger partial charge in [-0.15, -0.1) is 0 Å². The molecule has 0 amide bonds. The zero-order valence-corrected chi connectivity index (χ0v) is 12.5. The first-order valence-electron chi connectivity index (χ1n) is 7.45. The van der Waals surface area contributed by atoms with Crippen LogP contribution < -0.4 is 4.90 Å². The molecule has 0 spiro atoms. The molecule has 0 aromatic carbocycles. The van der Waals surface area contributed by atoms with E-state index in [2.05, 4.69) is 34.9 Å². The molecule has 2 rings (SSSR count). The van der Waals surface area contributed by atoms with Crippen LogP contribution in [0.4, 0.5) is 5.82 Å². The van der Waals surface area contributed by atoms with Crippen molar-refractivity contribution in [2.75, 3.05) is 38.6 Å². The summed E-state index contributed by atoms with van der Waals surface area (Å²) in [5.74, 6) is 1.85. The van der Waals surface area contributed by atoms with E-state index in [1.165, 1.54) is 38.8 Å². The maximum absolute atomic E-state index is 8.76. The maximum atomic E-state index is 8.76. The predicted octanol–water partition coefficient (Wildman–Crippen LogP) is 2.51. The summed E-state index contributed by atoms with van der Waals surface area (Å²) in [5.41, 5.74) is 0.619. The second-order valence-electron chi connectivity index (χ2n) is 5.83. The number of piperidine rings is 1. The molecule has 1 fully saturated rings. The summed E-state index contributed by atoms with van der Waals surface area (Å²) in [7, 11) is 4.28. The van der Waals surface area contributed by atoms with Crippen molar-refractivity contribution in [2.45, 2.75) is 25.7 Å². The minimum absolute atomic E-state index is 0.619. The molecule has 0 atom stereocenters. The van der Waals surface area contributed by atoms with Gasteiger partial charge in [0.05, 0.1) is 5.56 Å². The van der Waals surface area contributed by atoms with Crippen LogP contribution in [0.15, 0.2) is 18.3 Å². The van der Waals surface area contributed by atoms with Crippen LogP contribution in [0, 0.1) is 17.2 Å². The van der Waals surface area contributed by atoms with Crippen LogP contribution in [0.1, 0.15) is 31.2 Å². The van der Waals surface area contributed by atoms with E-state index >= 15 is 0 Å². The quantitative estimate of drug-likeness (QED) is 0.826. The molecule has 4 nitrogen and oxygen atoms in total. The molecular formula is C16H24N4. The summed E-state index contributed by atoms with van der Waals surface area (Å²) in [6, 6.07) is 5.85. The van der Waals surface area contributed by atoms with Gasteiger partial charge in [-0.25, -0.2) is 4.98 Å². The Morgan fingerprint density at radius 3 is 2.75 bits per heavy atom. The van der Waals surface area contributed by atoms with Crippen LogP contribution in [-0.2, 0) is 0 Å².